The molecule has 1 aliphatic heterocycles. The molecule has 16 heavy (non-hydrogen) atoms. The number of hydrogen-bond donors (Lipinski definition) is 0. The van der Waals surface area contributed by atoms with Gasteiger partial charge in [-0.3, -0.25) is 0 Å². The van der Waals surface area contributed by atoms with Crippen molar-refractivity contribution in [1.29, 1.82) is 0 Å². The zero-order valence-electron chi connectivity index (χ0n) is 9.73. The number of likely N-dealkylation sites (tertiary alicyclic amines) is 1. The Labute approximate surface area is 101 Å². The minimum Gasteiger partial charge on any atom is -0.358 e. The molecule has 88 valence electrons. The topological polar surface area (TPSA) is 32.3 Å². The van der Waals surface area contributed by atoms with Crippen molar-refractivity contribution in [2.75, 3.05) is 32.1 Å². The minimum atomic E-state index is 0.309. The highest BCUT2D eigenvalue weighted by Gasteiger charge is 2.22. The van der Waals surface area contributed by atoms with E-state index >= 15 is 0 Å². The molecule has 1 aliphatic rings. The molecule has 1 saturated heterocycles. The summed E-state index contributed by atoms with van der Waals surface area (Å²) in [7, 11) is 4.23. The molecule has 0 aliphatic carbocycles. The van der Waals surface area contributed by atoms with E-state index in [0.29, 0.717) is 11.3 Å². The first-order valence-electron chi connectivity index (χ1n) is 5.57. The van der Waals surface area contributed by atoms with Crippen molar-refractivity contribution in [2.24, 2.45) is 0 Å². The van der Waals surface area contributed by atoms with E-state index in [1.54, 1.807) is 6.20 Å². The molecule has 2 rings (SSSR count). The van der Waals surface area contributed by atoms with Crippen LogP contribution in [0.2, 0.25) is 5.28 Å². The zero-order chi connectivity index (χ0) is 11.5. The molecule has 1 atom stereocenters. The molecule has 1 unspecified atom stereocenters. The van der Waals surface area contributed by atoms with Crippen LogP contribution in [0.5, 0.6) is 0 Å². The Balaban J connectivity index is 1.99. The first-order chi connectivity index (χ1) is 7.66. The maximum Gasteiger partial charge on any atom is 0.224 e. The Bertz CT molecular complexity index is 358. The second-order valence-corrected chi connectivity index (χ2v) is 4.68. The van der Waals surface area contributed by atoms with Crippen LogP contribution in [-0.2, 0) is 0 Å². The van der Waals surface area contributed by atoms with Gasteiger partial charge >= 0.3 is 0 Å². The molecule has 4 nitrogen and oxygen atoms in total. The summed E-state index contributed by atoms with van der Waals surface area (Å²) >= 11 is 5.77. The SMILES string of the molecule is CN(CC1CCCN1C)c1ccnc(Cl)n1. The van der Waals surface area contributed by atoms with Crippen molar-refractivity contribution < 1.29 is 0 Å². The average Bonchev–Trinajstić information content (AvgIpc) is 2.64. The molecule has 0 N–H and O–H groups in total. The summed E-state index contributed by atoms with van der Waals surface area (Å²) in [6, 6.07) is 2.51. The largest absolute Gasteiger partial charge is 0.358 e. The molecule has 2 heterocycles. The summed E-state index contributed by atoms with van der Waals surface area (Å²) in [5, 5.41) is 0.309. The van der Waals surface area contributed by atoms with Crippen molar-refractivity contribution in [1.82, 2.24) is 14.9 Å². The first kappa shape index (κ1) is 11.6. The number of nitrogens with zero attached hydrogens (tertiary/aromatic N) is 4. The van der Waals surface area contributed by atoms with Crippen LogP contribution >= 0.6 is 11.6 Å². The van der Waals surface area contributed by atoms with Crippen LogP contribution in [0.15, 0.2) is 12.3 Å². The third-order valence-corrected chi connectivity index (χ3v) is 3.34. The van der Waals surface area contributed by atoms with Gasteiger partial charge in [-0.2, -0.15) is 0 Å². The lowest BCUT2D eigenvalue weighted by Gasteiger charge is -2.26. The van der Waals surface area contributed by atoms with Gasteiger partial charge in [0.1, 0.15) is 5.82 Å². The summed E-state index contributed by atoms with van der Waals surface area (Å²) in [5.74, 6) is 0.889. The fraction of sp³-hybridized carbons (Fsp3) is 0.636. The average molecular weight is 241 g/mol. The van der Waals surface area contributed by atoms with E-state index < -0.39 is 0 Å². The van der Waals surface area contributed by atoms with Gasteiger partial charge in [0, 0.05) is 25.8 Å². The van der Waals surface area contributed by atoms with E-state index in [1.165, 1.54) is 19.4 Å². The molecule has 0 spiro atoms. The minimum absolute atomic E-state index is 0.309. The van der Waals surface area contributed by atoms with Gasteiger partial charge in [-0.1, -0.05) is 0 Å². The van der Waals surface area contributed by atoms with E-state index in [1.807, 2.05) is 13.1 Å². The second kappa shape index (κ2) is 4.97. The summed E-state index contributed by atoms with van der Waals surface area (Å²) < 4.78 is 0. The van der Waals surface area contributed by atoms with Gasteiger partial charge in [0.15, 0.2) is 0 Å². The normalized spacial score (nSPS) is 21.3. The lowest BCUT2D eigenvalue weighted by atomic mass is 10.2. The monoisotopic (exact) mass is 240 g/mol. The third-order valence-electron chi connectivity index (χ3n) is 3.16. The molecular weight excluding hydrogens is 224 g/mol. The summed E-state index contributed by atoms with van der Waals surface area (Å²) in [5.41, 5.74) is 0. The zero-order valence-corrected chi connectivity index (χ0v) is 10.5. The number of aromatic nitrogens is 2. The van der Waals surface area contributed by atoms with E-state index in [-0.39, 0.29) is 0 Å². The molecule has 0 aromatic carbocycles. The second-order valence-electron chi connectivity index (χ2n) is 4.34. The lowest BCUT2D eigenvalue weighted by Crippen LogP contribution is -2.36. The van der Waals surface area contributed by atoms with Crippen LogP contribution in [-0.4, -0.2) is 48.1 Å². The molecule has 0 bridgehead atoms. The predicted molar refractivity (Wildman–Crippen MR) is 66.0 cm³/mol. The smallest absolute Gasteiger partial charge is 0.224 e. The highest BCUT2D eigenvalue weighted by molar-refractivity contribution is 6.28. The van der Waals surface area contributed by atoms with Crippen LogP contribution in [0, 0.1) is 0 Å². The van der Waals surface area contributed by atoms with Crippen LogP contribution in [0.25, 0.3) is 0 Å². The quantitative estimate of drug-likeness (QED) is 0.753. The van der Waals surface area contributed by atoms with E-state index in [4.69, 9.17) is 11.6 Å². The van der Waals surface area contributed by atoms with Crippen LogP contribution in [0.1, 0.15) is 12.8 Å². The van der Waals surface area contributed by atoms with Crippen molar-refractivity contribution >= 4 is 17.4 Å². The molecule has 0 saturated carbocycles. The fourth-order valence-electron chi connectivity index (χ4n) is 2.16. The van der Waals surface area contributed by atoms with E-state index in [2.05, 4.69) is 26.8 Å². The standard InChI is InChI=1S/C11H17ClN4/c1-15-7-3-4-9(15)8-16(2)10-5-6-13-11(12)14-10/h5-6,9H,3-4,7-8H2,1-2H3. The van der Waals surface area contributed by atoms with Gasteiger partial charge < -0.3 is 9.80 Å². The summed E-state index contributed by atoms with van der Waals surface area (Å²) in [6.45, 7) is 2.19. The van der Waals surface area contributed by atoms with Crippen LogP contribution in [0.4, 0.5) is 5.82 Å². The maximum absolute atomic E-state index is 5.77. The highest BCUT2D eigenvalue weighted by atomic mass is 35.5. The Morgan fingerprint density at radius 1 is 1.62 bits per heavy atom. The molecule has 1 aromatic rings. The van der Waals surface area contributed by atoms with Gasteiger partial charge in [0.05, 0.1) is 0 Å². The van der Waals surface area contributed by atoms with Crippen LogP contribution < -0.4 is 4.90 Å². The number of halogens is 1. The molecule has 5 heteroatoms. The number of rotatable bonds is 3. The van der Waals surface area contributed by atoms with Gasteiger partial charge in [-0.25, -0.2) is 9.97 Å². The van der Waals surface area contributed by atoms with E-state index in [0.717, 1.165) is 12.4 Å². The number of hydrogen-bond acceptors (Lipinski definition) is 4. The Morgan fingerprint density at radius 3 is 3.06 bits per heavy atom. The van der Waals surface area contributed by atoms with Crippen molar-refractivity contribution in [3.05, 3.63) is 17.5 Å². The van der Waals surface area contributed by atoms with Crippen LogP contribution in [0.3, 0.4) is 0 Å². The third kappa shape index (κ3) is 2.62. The lowest BCUT2D eigenvalue weighted by molar-refractivity contribution is 0.314. The Kier molecular flexibility index (Phi) is 3.61. The molecule has 1 aromatic heterocycles. The molecule has 0 amide bonds. The highest BCUT2D eigenvalue weighted by Crippen LogP contribution is 2.18. The van der Waals surface area contributed by atoms with Gasteiger partial charge in [-0.05, 0) is 44.1 Å². The Morgan fingerprint density at radius 2 is 2.44 bits per heavy atom. The van der Waals surface area contributed by atoms with Crippen molar-refractivity contribution in [2.45, 2.75) is 18.9 Å². The van der Waals surface area contributed by atoms with Crippen molar-refractivity contribution in [3.63, 3.8) is 0 Å². The Hall–Kier alpha value is -0.870. The summed E-state index contributed by atoms with van der Waals surface area (Å²) in [4.78, 5) is 12.6. The molecule has 0 radical (unpaired) electrons. The predicted octanol–water partition coefficient (Wildman–Crippen LogP) is 1.66. The molecular formula is C11H17ClN4. The molecule has 1 fully saturated rings. The van der Waals surface area contributed by atoms with Gasteiger partial charge in [0.25, 0.3) is 0 Å². The maximum atomic E-state index is 5.77. The van der Waals surface area contributed by atoms with Crippen molar-refractivity contribution in [3.8, 4) is 0 Å². The number of likely N-dealkylation sites (N-methyl/N-ethyl adjacent to an activating group) is 2. The summed E-state index contributed by atoms with van der Waals surface area (Å²) in [6.07, 6.45) is 4.25. The van der Waals surface area contributed by atoms with Gasteiger partial charge in [0.2, 0.25) is 5.28 Å². The first-order valence-corrected chi connectivity index (χ1v) is 5.94. The number of anilines is 1. The fourth-order valence-corrected chi connectivity index (χ4v) is 2.30. The van der Waals surface area contributed by atoms with E-state index in [9.17, 15) is 0 Å². The van der Waals surface area contributed by atoms with Gasteiger partial charge in [-0.15, -0.1) is 0 Å².